The van der Waals surface area contributed by atoms with Gasteiger partial charge in [0.1, 0.15) is 5.75 Å². The first kappa shape index (κ1) is 14.4. The van der Waals surface area contributed by atoms with Gasteiger partial charge in [-0.25, -0.2) is 0 Å². The highest BCUT2D eigenvalue weighted by atomic mass is 16.5. The van der Waals surface area contributed by atoms with Gasteiger partial charge in [-0.05, 0) is 44.4 Å². The standard InChI is InChI=1S/C16H26N2O/c1-4-18(14-9-10-14)16(2,12-17)11-13-7-5-6-8-15(13)19-3/h5-8,14H,4,9-12,17H2,1-3H3. The van der Waals surface area contributed by atoms with Crippen LogP contribution in [0.25, 0.3) is 0 Å². The summed E-state index contributed by atoms with van der Waals surface area (Å²) in [6.07, 6.45) is 3.57. The normalized spacial score (nSPS) is 18.4. The van der Waals surface area contributed by atoms with Crippen molar-refractivity contribution in [3.05, 3.63) is 29.8 Å². The molecule has 2 N–H and O–H groups in total. The van der Waals surface area contributed by atoms with Crippen molar-refractivity contribution >= 4 is 0 Å². The van der Waals surface area contributed by atoms with Crippen molar-refractivity contribution in [3.63, 3.8) is 0 Å². The molecule has 0 radical (unpaired) electrons. The summed E-state index contributed by atoms with van der Waals surface area (Å²) in [6.45, 7) is 6.25. The van der Waals surface area contributed by atoms with Gasteiger partial charge in [-0.15, -0.1) is 0 Å². The first-order valence-corrected chi connectivity index (χ1v) is 7.23. The molecule has 3 nitrogen and oxygen atoms in total. The maximum atomic E-state index is 6.11. The van der Waals surface area contributed by atoms with Crippen molar-refractivity contribution in [2.24, 2.45) is 5.73 Å². The lowest BCUT2D eigenvalue weighted by Crippen LogP contribution is -2.54. The molecule has 1 atom stereocenters. The molecule has 19 heavy (non-hydrogen) atoms. The zero-order chi connectivity index (χ0) is 13.9. The van der Waals surface area contributed by atoms with Gasteiger partial charge in [0, 0.05) is 18.1 Å². The van der Waals surface area contributed by atoms with E-state index in [1.807, 2.05) is 12.1 Å². The van der Waals surface area contributed by atoms with E-state index in [0.29, 0.717) is 6.54 Å². The third-order valence-corrected chi connectivity index (χ3v) is 4.23. The lowest BCUT2D eigenvalue weighted by molar-refractivity contribution is 0.107. The summed E-state index contributed by atoms with van der Waals surface area (Å²) in [7, 11) is 1.73. The van der Waals surface area contributed by atoms with Gasteiger partial charge in [-0.2, -0.15) is 0 Å². The Morgan fingerprint density at radius 1 is 1.37 bits per heavy atom. The van der Waals surface area contributed by atoms with Crippen LogP contribution in [0.3, 0.4) is 0 Å². The number of methoxy groups -OCH3 is 1. The van der Waals surface area contributed by atoms with Gasteiger partial charge in [0.25, 0.3) is 0 Å². The van der Waals surface area contributed by atoms with E-state index in [9.17, 15) is 0 Å². The molecule has 1 aromatic rings. The van der Waals surface area contributed by atoms with E-state index in [2.05, 4.69) is 30.9 Å². The highest BCUT2D eigenvalue weighted by molar-refractivity contribution is 5.34. The molecule has 1 unspecified atom stereocenters. The van der Waals surface area contributed by atoms with Crippen LogP contribution in [-0.2, 0) is 6.42 Å². The fourth-order valence-corrected chi connectivity index (χ4v) is 3.02. The minimum atomic E-state index is 0.0184. The zero-order valence-corrected chi connectivity index (χ0v) is 12.4. The van der Waals surface area contributed by atoms with Crippen molar-refractivity contribution in [3.8, 4) is 5.75 Å². The molecule has 0 amide bonds. The van der Waals surface area contributed by atoms with Crippen molar-refractivity contribution in [1.29, 1.82) is 0 Å². The molecule has 3 heteroatoms. The molecule has 0 aliphatic heterocycles. The molecule has 0 bridgehead atoms. The van der Waals surface area contributed by atoms with Crippen LogP contribution in [-0.4, -0.2) is 36.7 Å². The topological polar surface area (TPSA) is 38.5 Å². The van der Waals surface area contributed by atoms with Gasteiger partial charge in [0.05, 0.1) is 7.11 Å². The molecule has 1 aliphatic rings. The molecule has 1 aromatic carbocycles. The average Bonchev–Trinajstić information content (AvgIpc) is 3.24. The fraction of sp³-hybridized carbons (Fsp3) is 0.625. The van der Waals surface area contributed by atoms with Gasteiger partial charge in [0.2, 0.25) is 0 Å². The molecular weight excluding hydrogens is 236 g/mol. The number of nitrogens with zero attached hydrogens (tertiary/aromatic N) is 1. The summed E-state index contributed by atoms with van der Waals surface area (Å²) in [5.41, 5.74) is 7.37. The number of likely N-dealkylation sites (N-methyl/N-ethyl adjacent to an activating group) is 1. The third-order valence-electron chi connectivity index (χ3n) is 4.23. The van der Waals surface area contributed by atoms with E-state index in [-0.39, 0.29) is 5.54 Å². The van der Waals surface area contributed by atoms with Gasteiger partial charge >= 0.3 is 0 Å². The number of benzene rings is 1. The third kappa shape index (κ3) is 3.10. The maximum Gasteiger partial charge on any atom is 0.122 e. The summed E-state index contributed by atoms with van der Waals surface area (Å²) in [4.78, 5) is 2.57. The van der Waals surface area contributed by atoms with Crippen LogP contribution in [0.2, 0.25) is 0 Å². The molecule has 1 aliphatic carbocycles. The van der Waals surface area contributed by atoms with E-state index in [4.69, 9.17) is 10.5 Å². The Kier molecular flexibility index (Phi) is 4.48. The lowest BCUT2D eigenvalue weighted by Gasteiger charge is -2.41. The zero-order valence-electron chi connectivity index (χ0n) is 12.4. The van der Waals surface area contributed by atoms with Crippen molar-refractivity contribution < 1.29 is 4.74 Å². The molecule has 0 aromatic heterocycles. The van der Waals surface area contributed by atoms with Gasteiger partial charge in [-0.1, -0.05) is 25.1 Å². The second kappa shape index (κ2) is 5.93. The first-order chi connectivity index (χ1) is 9.14. The molecule has 1 fully saturated rings. The van der Waals surface area contributed by atoms with Crippen molar-refractivity contribution in [2.75, 3.05) is 20.2 Å². The number of nitrogens with two attached hydrogens (primary N) is 1. The van der Waals surface area contributed by atoms with E-state index in [1.165, 1.54) is 18.4 Å². The van der Waals surface area contributed by atoms with Crippen LogP contribution in [0.15, 0.2) is 24.3 Å². The average molecular weight is 262 g/mol. The van der Waals surface area contributed by atoms with Crippen molar-refractivity contribution in [2.45, 2.75) is 44.7 Å². The van der Waals surface area contributed by atoms with E-state index in [0.717, 1.165) is 24.8 Å². The SMILES string of the molecule is CCN(C1CC1)C(C)(CN)Cc1ccccc1OC. The summed E-state index contributed by atoms with van der Waals surface area (Å²) in [6, 6.07) is 8.99. The molecule has 0 spiro atoms. The number of rotatable bonds is 7. The van der Waals surface area contributed by atoms with Crippen LogP contribution in [0.5, 0.6) is 5.75 Å². The molecule has 106 valence electrons. The fourth-order valence-electron chi connectivity index (χ4n) is 3.02. The Hall–Kier alpha value is -1.06. The summed E-state index contributed by atoms with van der Waals surface area (Å²) in [5.74, 6) is 0.967. The summed E-state index contributed by atoms with van der Waals surface area (Å²) < 4.78 is 5.47. The first-order valence-electron chi connectivity index (χ1n) is 7.23. The quantitative estimate of drug-likeness (QED) is 0.820. The minimum absolute atomic E-state index is 0.0184. The second-order valence-electron chi connectivity index (χ2n) is 5.71. The number of ether oxygens (including phenoxy) is 1. The molecule has 0 saturated heterocycles. The molecule has 0 heterocycles. The molecule has 2 rings (SSSR count). The van der Waals surface area contributed by atoms with E-state index < -0.39 is 0 Å². The predicted octanol–water partition coefficient (Wildman–Crippen LogP) is 2.44. The van der Waals surface area contributed by atoms with Crippen LogP contribution < -0.4 is 10.5 Å². The summed E-state index contributed by atoms with van der Waals surface area (Å²) >= 11 is 0. The molecular formula is C16H26N2O. The van der Waals surface area contributed by atoms with Gasteiger partial charge in [0.15, 0.2) is 0 Å². The predicted molar refractivity (Wildman–Crippen MR) is 79.6 cm³/mol. The van der Waals surface area contributed by atoms with E-state index >= 15 is 0 Å². The number of hydrogen-bond donors (Lipinski definition) is 1. The van der Waals surface area contributed by atoms with Crippen LogP contribution >= 0.6 is 0 Å². The Labute approximate surface area is 116 Å². The number of para-hydroxylation sites is 1. The van der Waals surface area contributed by atoms with E-state index in [1.54, 1.807) is 7.11 Å². The Morgan fingerprint density at radius 3 is 2.58 bits per heavy atom. The lowest BCUT2D eigenvalue weighted by atomic mass is 9.90. The largest absolute Gasteiger partial charge is 0.496 e. The maximum absolute atomic E-state index is 6.11. The monoisotopic (exact) mass is 262 g/mol. The number of hydrogen-bond acceptors (Lipinski definition) is 3. The second-order valence-corrected chi connectivity index (χ2v) is 5.71. The smallest absolute Gasteiger partial charge is 0.122 e. The Balaban J connectivity index is 2.21. The highest BCUT2D eigenvalue weighted by Crippen LogP contribution is 2.35. The van der Waals surface area contributed by atoms with Gasteiger partial charge < -0.3 is 10.5 Å². The Morgan fingerprint density at radius 2 is 2.05 bits per heavy atom. The van der Waals surface area contributed by atoms with Crippen LogP contribution in [0.4, 0.5) is 0 Å². The van der Waals surface area contributed by atoms with Crippen molar-refractivity contribution in [1.82, 2.24) is 4.90 Å². The van der Waals surface area contributed by atoms with Gasteiger partial charge in [-0.3, -0.25) is 4.90 Å². The Bertz CT molecular complexity index is 417. The minimum Gasteiger partial charge on any atom is -0.496 e. The molecule has 1 saturated carbocycles. The van der Waals surface area contributed by atoms with Crippen LogP contribution in [0.1, 0.15) is 32.3 Å². The highest BCUT2D eigenvalue weighted by Gasteiger charge is 2.39. The van der Waals surface area contributed by atoms with Crippen LogP contribution in [0, 0.1) is 0 Å². The summed E-state index contributed by atoms with van der Waals surface area (Å²) in [5, 5.41) is 0.